The van der Waals surface area contributed by atoms with Crippen molar-refractivity contribution in [1.29, 1.82) is 0 Å². The Hall–Kier alpha value is -4.71. The average molecular weight is 594 g/mol. The van der Waals surface area contributed by atoms with Crippen LogP contribution in [0.3, 0.4) is 0 Å². The summed E-state index contributed by atoms with van der Waals surface area (Å²) >= 11 is 0. The van der Waals surface area contributed by atoms with Crippen LogP contribution in [0.1, 0.15) is 45.8 Å². The fourth-order valence-corrected chi connectivity index (χ4v) is 4.93. The van der Waals surface area contributed by atoms with Gasteiger partial charge < -0.3 is 26.6 Å². The lowest BCUT2D eigenvalue weighted by Gasteiger charge is -2.23. The van der Waals surface area contributed by atoms with Gasteiger partial charge >= 0.3 is 6.18 Å². The highest BCUT2D eigenvalue weighted by Gasteiger charge is 2.36. The van der Waals surface area contributed by atoms with E-state index in [4.69, 9.17) is 0 Å². The standard InChI is InChI=1S/C31H31F4N7O/c1-36-29(43)27-25(32)8-3-9-26(27)41-28-24(31(33,34)35)18-39-30(42-28)40-22-12-10-19(11-13-22)16-38-23-7-2-5-20(15-23)21-6-4-14-37-17-21/h2-3,5,7-13,15,18,21,37-38H,4,6,14,16-17H2,1H3,(H,36,43)(H2,39,40,41,42). The first-order valence-electron chi connectivity index (χ1n) is 13.8. The van der Waals surface area contributed by atoms with E-state index in [1.165, 1.54) is 37.6 Å². The molecule has 0 bridgehead atoms. The summed E-state index contributed by atoms with van der Waals surface area (Å²) in [5, 5.41) is 14.6. The number of benzene rings is 3. The molecule has 5 rings (SSSR count). The van der Waals surface area contributed by atoms with Crippen molar-refractivity contribution in [3.05, 3.63) is 101 Å². The van der Waals surface area contributed by atoms with Crippen molar-refractivity contribution in [3.8, 4) is 0 Å². The minimum absolute atomic E-state index is 0.117. The number of rotatable bonds is 9. The van der Waals surface area contributed by atoms with Crippen LogP contribution in [-0.4, -0.2) is 36.0 Å². The monoisotopic (exact) mass is 593 g/mol. The van der Waals surface area contributed by atoms with Crippen molar-refractivity contribution in [3.63, 3.8) is 0 Å². The predicted octanol–water partition coefficient (Wildman–Crippen LogP) is 6.56. The van der Waals surface area contributed by atoms with E-state index in [9.17, 15) is 22.4 Å². The molecule has 1 aliphatic heterocycles. The van der Waals surface area contributed by atoms with Crippen LogP contribution in [0.5, 0.6) is 0 Å². The predicted molar refractivity (Wildman–Crippen MR) is 158 cm³/mol. The number of amides is 1. The molecule has 8 nitrogen and oxygen atoms in total. The van der Waals surface area contributed by atoms with Gasteiger partial charge in [-0.3, -0.25) is 4.79 Å². The van der Waals surface area contributed by atoms with Crippen LogP contribution in [0.25, 0.3) is 0 Å². The third-order valence-corrected chi connectivity index (χ3v) is 7.18. The summed E-state index contributed by atoms with van der Waals surface area (Å²) in [6.07, 6.45) is -1.83. The zero-order valence-electron chi connectivity index (χ0n) is 23.4. The Balaban J connectivity index is 1.29. The Labute approximate surface area is 246 Å². The van der Waals surface area contributed by atoms with Gasteiger partial charge in [-0.05, 0) is 72.8 Å². The zero-order chi connectivity index (χ0) is 30.4. The number of carbonyl (C=O) groups is 1. The first kappa shape index (κ1) is 29.8. The number of hydrogen-bond donors (Lipinski definition) is 5. The Morgan fingerprint density at radius 3 is 2.53 bits per heavy atom. The highest BCUT2D eigenvalue weighted by molar-refractivity contribution is 6.00. The Morgan fingerprint density at radius 2 is 1.81 bits per heavy atom. The second-order valence-electron chi connectivity index (χ2n) is 10.2. The van der Waals surface area contributed by atoms with Gasteiger partial charge in [0.2, 0.25) is 5.95 Å². The number of alkyl halides is 3. The highest BCUT2D eigenvalue weighted by atomic mass is 19.4. The SMILES string of the molecule is CNC(=O)c1c(F)cccc1Nc1nc(Nc2ccc(CNc3cccc(C4CCCNC4)c3)cc2)ncc1C(F)(F)F. The lowest BCUT2D eigenvalue weighted by molar-refractivity contribution is -0.137. The van der Waals surface area contributed by atoms with Crippen LogP contribution in [0.2, 0.25) is 0 Å². The Kier molecular flexibility index (Phi) is 9.05. The highest BCUT2D eigenvalue weighted by Crippen LogP contribution is 2.36. The van der Waals surface area contributed by atoms with Gasteiger partial charge in [-0.1, -0.05) is 30.3 Å². The molecule has 43 heavy (non-hydrogen) atoms. The van der Waals surface area contributed by atoms with Gasteiger partial charge in [-0.25, -0.2) is 9.37 Å². The van der Waals surface area contributed by atoms with Crippen LogP contribution in [0.4, 0.5) is 46.4 Å². The second kappa shape index (κ2) is 13.1. The number of hydrogen-bond acceptors (Lipinski definition) is 7. The first-order valence-corrected chi connectivity index (χ1v) is 13.8. The molecule has 224 valence electrons. The fourth-order valence-electron chi connectivity index (χ4n) is 4.93. The molecule has 5 N–H and O–H groups in total. The van der Waals surface area contributed by atoms with Crippen molar-refractivity contribution in [2.45, 2.75) is 31.5 Å². The van der Waals surface area contributed by atoms with Gasteiger partial charge in [0.25, 0.3) is 5.91 Å². The molecule has 1 fully saturated rings. The molecule has 0 saturated carbocycles. The van der Waals surface area contributed by atoms with Crippen molar-refractivity contribution in [1.82, 2.24) is 20.6 Å². The van der Waals surface area contributed by atoms with Crippen molar-refractivity contribution in [2.24, 2.45) is 0 Å². The number of halogens is 4. The first-order chi connectivity index (χ1) is 20.7. The van der Waals surface area contributed by atoms with E-state index in [0.717, 1.165) is 30.4 Å². The molecule has 0 radical (unpaired) electrons. The maximum Gasteiger partial charge on any atom is 0.421 e. The van der Waals surface area contributed by atoms with Gasteiger partial charge in [-0.2, -0.15) is 18.2 Å². The van der Waals surface area contributed by atoms with Crippen LogP contribution in [0.15, 0.2) is 72.9 Å². The lowest BCUT2D eigenvalue weighted by atomic mass is 9.91. The topological polar surface area (TPSA) is 103 Å². The molecule has 1 aromatic heterocycles. The molecule has 1 unspecified atom stereocenters. The minimum Gasteiger partial charge on any atom is -0.381 e. The number of nitrogens with zero attached hydrogens (tertiary/aromatic N) is 2. The molecule has 1 aliphatic rings. The number of aromatic nitrogens is 2. The molecule has 1 atom stereocenters. The van der Waals surface area contributed by atoms with Gasteiger partial charge in [0.1, 0.15) is 17.2 Å². The number of piperidine rings is 1. The second-order valence-corrected chi connectivity index (χ2v) is 10.2. The van der Waals surface area contributed by atoms with Gasteiger partial charge in [-0.15, -0.1) is 0 Å². The molecule has 1 saturated heterocycles. The van der Waals surface area contributed by atoms with Gasteiger partial charge in [0, 0.05) is 37.7 Å². The molecule has 3 aromatic carbocycles. The van der Waals surface area contributed by atoms with Gasteiger partial charge in [0.05, 0.1) is 11.3 Å². The number of nitrogens with one attached hydrogen (secondary N) is 5. The fraction of sp³-hybridized carbons (Fsp3) is 0.258. The summed E-state index contributed by atoms with van der Waals surface area (Å²) in [7, 11) is 1.29. The molecule has 2 heterocycles. The minimum atomic E-state index is -4.80. The molecule has 12 heteroatoms. The van der Waals surface area contributed by atoms with Gasteiger partial charge in [0.15, 0.2) is 0 Å². The van der Waals surface area contributed by atoms with Crippen molar-refractivity contribution in [2.75, 3.05) is 36.1 Å². The molecular formula is C31H31F4N7O. The quantitative estimate of drug-likeness (QED) is 0.140. The number of carbonyl (C=O) groups excluding carboxylic acids is 1. The van der Waals surface area contributed by atoms with E-state index in [2.05, 4.69) is 54.8 Å². The van der Waals surface area contributed by atoms with E-state index in [-0.39, 0.29) is 11.6 Å². The molecule has 1 amide bonds. The molecule has 4 aromatic rings. The Bertz CT molecular complexity index is 1570. The van der Waals surface area contributed by atoms with Crippen LogP contribution >= 0.6 is 0 Å². The van der Waals surface area contributed by atoms with Crippen molar-refractivity contribution < 1.29 is 22.4 Å². The summed E-state index contributed by atoms with van der Waals surface area (Å²) < 4.78 is 55.7. The Morgan fingerprint density at radius 1 is 1.02 bits per heavy atom. The van der Waals surface area contributed by atoms with E-state index < -0.39 is 34.8 Å². The van der Waals surface area contributed by atoms with Crippen LogP contribution in [-0.2, 0) is 12.7 Å². The average Bonchev–Trinajstić information content (AvgIpc) is 3.00. The third kappa shape index (κ3) is 7.39. The summed E-state index contributed by atoms with van der Waals surface area (Å²) in [4.78, 5) is 20.0. The van der Waals surface area contributed by atoms with E-state index >= 15 is 0 Å². The van der Waals surface area contributed by atoms with Crippen molar-refractivity contribution >= 4 is 34.7 Å². The molecule has 0 aliphatic carbocycles. The normalized spacial score (nSPS) is 15.0. The van der Waals surface area contributed by atoms with Crippen LogP contribution < -0.4 is 26.6 Å². The van der Waals surface area contributed by atoms with E-state index in [1.807, 2.05) is 18.2 Å². The largest absolute Gasteiger partial charge is 0.421 e. The maximum absolute atomic E-state index is 14.4. The summed E-state index contributed by atoms with van der Waals surface area (Å²) in [5.74, 6) is -1.93. The molecular weight excluding hydrogens is 562 g/mol. The third-order valence-electron chi connectivity index (χ3n) is 7.18. The van der Waals surface area contributed by atoms with Crippen LogP contribution in [0, 0.1) is 5.82 Å². The maximum atomic E-state index is 14.4. The smallest absolute Gasteiger partial charge is 0.381 e. The summed E-state index contributed by atoms with van der Waals surface area (Å²) in [5.41, 5.74) is 2.11. The molecule has 0 spiro atoms. The van der Waals surface area contributed by atoms with E-state index in [0.29, 0.717) is 24.3 Å². The lowest BCUT2D eigenvalue weighted by Crippen LogP contribution is -2.28. The number of anilines is 5. The van der Waals surface area contributed by atoms with E-state index in [1.54, 1.807) is 12.1 Å². The zero-order valence-corrected chi connectivity index (χ0v) is 23.4. The summed E-state index contributed by atoms with van der Waals surface area (Å²) in [6, 6.07) is 19.3. The summed E-state index contributed by atoms with van der Waals surface area (Å²) in [6.45, 7) is 2.63.